The molecular formula is C17H23N2O4-. The molecule has 1 aromatic rings. The lowest BCUT2D eigenvalue weighted by Gasteiger charge is -2.23. The molecular weight excluding hydrogens is 296 g/mol. The molecule has 126 valence electrons. The van der Waals surface area contributed by atoms with Crippen LogP contribution in [0.5, 0.6) is 0 Å². The Balaban J connectivity index is 3.25. The van der Waals surface area contributed by atoms with E-state index >= 15 is 0 Å². The summed E-state index contributed by atoms with van der Waals surface area (Å²) in [6.45, 7) is 10.3. The van der Waals surface area contributed by atoms with Crippen molar-refractivity contribution in [2.24, 2.45) is 10.8 Å². The molecule has 0 heterocycles. The summed E-state index contributed by atoms with van der Waals surface area (Å²) in [5, 5.41) is 16.6. The maximum Gasteiger partial charge on any atom is 0.229 e. The lowest BCUT2D eigenvalue weighted by Crippen LogP contribution is -2.32. The first-order valence-corrected chi connectivity index (χ1v) is 7.31. The van der Waals surface area contributed by atoms with Gasteiger partial charge in [0.1, 0.15) is 0 Å². The van der Waals surface area contributed by atoms with Gasteiger partial charge in [0, 0.05) is 16.4 Å². The van der Waals surface area contributed by atoms with Crippen molar-refractivity contribution in [2.75, 3.05) is 10.6 Å². The summed E-state index contributed by atoms with van der Waals surface area (Å²) in [6, 6.07) is 4.48. The summed E-state index contributed by atoms with van der Waals surface area (Å²) in [7, 11) is 0. The van der Waals surface area contributed by atoms with Crippen molar-refractivity contribution in [3.63, 3.8) is 0 Å². The molecule has 0 saturated carbocycles. The van der Waals surface area contributed by atoms with Gasteiger partial charge in [-0.25, -0.2) is 0 Å². The van der Waals surface area contributed by atoms with Gasteiger partial charge in [-0.3, -0.25) is 9.59 Å². The molecule has 6 nitrogen and oxygen atoms in total. The molecule has 2 amide bonds. The van der Waals surface area contributed by atoms with Gasteiger partial charge in [-0.05, 0) is 12.1 Å². The van der Waals surface area contributed by atoms with E-state index in [2.05, 4.69) is 10.6 Å². The van der Waals surface area contributed by atoms with Crippen LogP contribution in [-0.2, 0) is 9.59 Å². The van der Waals surface area contributed by atoms with Crippen molar-refractivity contribution >= 4 is 29.2 Å². The molecule has 0 radical (unpaired) electrons. The van der Waals surface area contributed by atoms with Gasteiger partial charge in [0.15, 0.2) is 0 Å². The normalized spacial score (nSPS) is 11.7. The highest BCUT2D eigenvalue weighted by Gasteiger charge is 2.25. The number of carboxylic acid groups (broad SMARTS) is 1. The number of rotatable bonds is 3. The topological polar surface area (TPSA) is 98.3 Å². The lowest BCUT2D eigenvalue weighted by molar-refractivity contribution is -0.254. The maximum atomic E-state index is 12.1. The summed E-state index contributed by atoms with van der Waals surface area (Å²) in [5.74, 6) is -2.14. The molecule has 0 unspecified atom stereocenters. The fraction of sp³-hybridized carbons (Fsp3) is 0.471. The molecule has 23 heavy (non-hydrogen) atoms. The van der Waals surface area contributed by atoms with E-state index in [1.165, 1.54) is 12.1 Å². The number of aromatic carboxylic acids is 1. The molecule has 0 aromatic heterocycles. The number of carboxylic acids is 1. The summed E-state index contributed by atoms with van der Waals surface area (Å²) in [6.07, 6.45) is 0. The lowest BCUT2D eigenvalue weighted by atomic mass is 9.94. The van der Waals surface area contributed by atoms with Crippen LogP contribution in [0.25, 0.3) is 0 Å². The first-order chi connectivity index (χ1) is 10.3. The van der Waals surface area contributed by atoms with Crippen LogP contribution >= 0.6 is 0 Å². The van der Waals surface area contributed by atoms with Crippen LogP contribution in [0.2, 0.25) is 0 Å². The number of hydrogen-bond acceptors (Lipinski definition) is 4. The van der Waals surface area contributed by atoms with Crippen molar-refractivity contribution in [1.82, 2.24) is 0 Å². The van der Waals surface area contributed by atoms with E-state index in [9.17, 15) is 19.5 Å². The van der Waals surface area contributed by atoms with Gasteiger partial charge in [-0.1, -0.05) is 47.6 Å². The highest BCUT2D eigenvalue weighted by molar-refractivity contribution is 6.08. The minimum Gasteiger partial charge on any atom is -0.545 e. The zero-order chi connectivity index (χ0) is 18.0. The van der Waals surface area contributed by atoms with Crippen LogP contribution in [0.4, 0.5) is 11.4 Å². The van der Waals surface area contributed by atoms with Crippen molar-refractivity contribution < 1.29 is 19.5 Å². The summed E-state index contributed by atoms with van der Waals surface area (Å²) in [5.41, 5.74) is -1.43. The molecule has 0 aliphatic rings. The molecule has 0 atom stereocenters. The minimum absolute atomic E-state index is 0.0941. The van der Waals surface area contributed by atoms with Gasteiger partial charge < -0.3 is 20.5 Å². The van der Waals surface area contributed by atoms with E-state index in [0.717, 1.165) is 0 Å². The second kappa shape index (κ2) is 6.40. The minimum atomic E-state index is -1.47. The van der Waals surface area contributed by atoms with Gasteiger partial charge in [0.25, 0.3) is 0 Å². The Bertz CT molecular complexity index is 591. The molecule has 0 spiro atoms. The van der Waals surface area contributed by atoms with E-state index < -0.39 is 16.8 Å². The average Bonchev–Trinajstić information content (AvgIpc) is 2.36. The number of anilines is 2. The van der Waals surface area contributed by atoms with Crippen LogP contribution in [-0.4, -0.2) is 17.8 Å². The molecule has 0 bridgehead atoms. The van der Waals surface area contributed by atoms with Gasteiger partial charge in [0.2, 0.25) is 11.8 Å². The number of nitrogens with one attached hydrogen (secondary N) is 2. The van der Waals surface area contributed by atoms with E-state index in [-0.39, 0.29) is 28.8 Å². The maximum absolute atomic E-state index is 12.1. The largest absolute Gasteiger partial charge is 0.545 e. The number of hydrogen-bond donors (Lipinski definition) is 2. The van der Waals surface area contributed by atoms with E-state index in [0.29, 0.717) is 0 Å². The first-order valence-electron chi connectivity index (χ1n) is 7.31. The van der Waals surface area contributed by atoms with Crippen molar-refractivity contribution in [2.45, 2.75) is 41.5 Å². The Kier molecular flexibility index (Phi) is 5.20. The zero-order valence-corrected chi connectivity index (χ0v) is 14.4. The Morgan fingerprint density at radius 3 is 1.43 bits per heavy atom. The predicted octanol–water partition coefficient (Wildman–Crippen LogP) is 2.02. The SMILES string of the molecule is CC(C)(C)C(=O)Nc1cccc(NC(=O)C(C)(C)C)c1C(=O)[O-]. The fourth-order valence-electron chi connectivity index (χ4n) is 1.60. The van der Waals surface area contributed by atoms with Crippen LogP contribution in [0, 0.1) is 10.8 Å². The van der Waals surface area contributed by atoms with E-state index in [1.54, 1.807) is 47.6 Å². The smallest absolute Gasteiger partial charge is 0.229 e. The average molecular weight is 319 g/mol. The van der Waals surface area contributed by atoms with Crippen LogP contribution in [0.15, 0.2) is 18.2 Å². The quantitative estimate of drug-likeness (QED) is 0.890. The zero-order valence-electron chi connectivity index (χ0n) is 14.4. The Morgan fingerprint density at radius 1 is 0.826 bits per heavy atom. The molecule has 0 aliphatic heterocycles. The number of benzene rings is 1. The van der Waals surface area contributed by atoms with E-state index in [4.69, 9.17) is 0 Å². The molecule has 6 heteroatoms. The molecule has 1 rings (SSSR count). The molecule has 1 aromatic carbocycles. The molecule has 0 saturated heterocycles. The first kappa shape index (κ1) is 18.7. The van der Waals surface area contributed by atoms with Gasteiger partial charge >= 0.3 is 0 Å². The monoisotopic (exact) mass is 319 g/mol. The summed E-state index contributed by atoms with van der Waals surface area (Å²) < 4.78 is 0. The molecule has 2 N–H and O–H groups in total. The van der Waals surface area contributed by atoms with Gasteiger partial charge in [-0.2, -0.15) is 0 Å². The van der Waals surface area contributed by atoms with Crippen molar-refractivity contribution in [1.29, 1.82) is 0 Å². The number of amides is 2. The highest BCUT2D eigenvalue weighted by Crippen LogP contribution is 2.27. The Morgan fingerprint density at radius 2 is 1.17 bits per heavy atom. The highest BCUT2D eigenvalue weighted by atomic mass is 16.4. The van der Waals surface area contributed by atoms with Gasteiger partial charge in [-0.15, -0.1) is 0 Å². The Hall–Kier alpha value is -2.37. The predicted molar refractivity (Wildman–Crippen MR) is 86.9 cm³/mol. The molecule has 0 fully saturated rings. The third kappa shape index (κ3) is 4.81. The second-order valence-corrected chi connectivity index (χ2v) is 7.42. The van der Waals surface area contributed by atoms with Crippen molar-refractivity contribution in [3.8, 4) is 0 Å². The van der Waals surface area contributed by atoms with Crippen molar-refractivity contribution in [3.05, 3.63) is 23.8 Å². The summed E-state index contributed by atoms with van der Waals surface area (Å²) in [4.78, 5) is 35.7. The third-order valence-electron chi connectivity index (χ3n) is 3.13. The molecule has 0 aliphatic carbocycles. The number of carbonyl (C=O) groups is 3. The van der Waals surface area contributed by atoms with Gasteiger partial charge in [0.05, 0.1) is 17.3 Å². The second-order valence-electron chi connectivity index (χ2n) is 7.42. The van der Waals surface area contributed by atoms with Crippen LogP contribution < -0.4 is 15.7 Å². The number of carbonyl (C=O) groups excluding carboxylic acids is 3. The Labute approximate surface area is 136 Å². The van der Waals surface area contributed by atoms with Crippen LogP contribution in [0.1, 0.15) is 51.9 Å². The summed E-state index contributed by atoms with van der Waals surface area (Å²) >= 11 is 0. The third-order valence-corrected chi connectivity index (χ3v) is 3.13. The fourth-order valence-corrected chi connectivity index (χ4v) is 1.60. The van der Waals surface area contributed by atoms with Crippen LogP contribution in [0.3, 0.4) is 0 Å². The standard InChI is InChI=1S/C17H24N2O4/c1-16(2,3)14(22)18-10-8-7-9-11(12(10)13(20)21)19-15(23)17(4,5)6/h7-9H,1-6H3,(H,18,22)(H,19,23)(H,20,21)/p-1. The van der Waals surface area contributed by atoms with E-state index in [1.807, 2.05) is 0 Å².